The fraction of sp³-hybridized carbons (Fsp3) is 0.764. The molecule has 12 heteroatoms. The van der Waals surface area contributed by atoms with Gasteiger partial charge >= 0.3 is 5.97 Å². The van der Waals surface area contributed by atoms with E-state index in [-0.39, 0.29) is 72.2 Å². The average Bonchev–Trinajstić information content (AvgIpc) is 4.13. The molecule has 6 aliphatic heterocycles. The van der Waals surface area contributed by atoms with Crippen LogP contribution >= 0.6 is 0 Å². The fourth-order valence-corrected chi connectivity index (χ4v) is 13.0. The molecular weight excluding hydrogens is 853 g/mol. The third-order valence-electron chi connectivity index (χ3n) is 17.2. The molecule has 0 radical (unpaired) electrons. The predicted octanol–water partition coefficient (Wildman–Crippen LogP) is 10.5. The van der Waals surface area contributed by atoms with Crippen LogP contribution in [-0.4, -0.2) is 99.4 Å². The number of esters is 1. The van der Waals surface area contributed by atoms with Gasteiger partial charge in [-0.05, 0) is 93.4 Å². The zero-order valence-corrected chi connectivity index (χ0v) is 42.7. The number of carbonyl (C=O) groups excluding carboxylic acids is 1. The summed E-state index contributed by atoms with van der Waals surface area (Å²) in [5, 5.41) is 0. The van der Waals surface area contributed by atoms with Gasteiger partial charge in [-0.3, -0.25) is 4.79 Å². The van der Waals surface area contributed by atoms with E-state index < -0.39 is 41.1 Å². The van der Waals surface area contributed by atoms with Crippen molar-refractivity contribution in [3.8, 4) is 5.75 Å². The lowest BCUT2D eigenvalue weighted by molar-refractivity contribution is -0.339. The van der Waals surface area contributed by atoms with Gasteiger partial charge in [0.2, 0.25) is 0 Å². The highest BCUT2D eigenvalue weighted by atomic mass is 16.8. The van der Waals surface area contributed by atoms with Crippen molar-refractivity contribution in [2.45, 2.75) is 205 Å². The van der Waals surface area contributed by atoms with Crippen LogP contribution in [0.3, 0.4) is 0 Å². The molecule has 0 amide bonds. The Morgan fingerprint density at radius 1 is 0.851 bits per heavy atom. The molecule has 6 aliphatic rings. The van der Waals surface area contributed by atoms with Crippen LogP contribution in [-0.2, 0) is 58.8 Å². The second-order valence-corrected chi connectivity index (χ2v) is 22.0. The van der Waals surface area contributed by atoms with Gasteiger partial charge in [-0.2, -0.15) is 0 Å². The largest absolute Gasteiger partial charge is 0.497 e. The lowest BCUT2D eigenvalue weighted by atomic mass is 9.78. The minimum absolute atomic E-state index is 0.00504. The Hall–Kier alpha value is -2.65. The highest BCUT2D eigenvalue weighted by Gasteiger charge is 2.63. The molecule has 0 saturated carbocycles. The van der Waals surface area contributed by atoms with Crippen molar-refractivity contribution >= 4 is 5.97 Å². The first kappa shape index (κ1) is 50.7. The van der Waals surface area contributed by atoms with Crippen LogP contribution < -0.4 is 4.74 Å². The smallest absolute Gasteiger partial charge is 0.311 e. The van der Waals surface area contributed by atoms with Crippen LogP contribution in [0.5, 0.6) is 5.75 Å². The summed E-state index contributed by atoms with van der Waals surface area (Å²) in [6.45, 7) is 22.7. The van der Waals surface area contributed by atoms with Crippen molar-refractivity contribution in [2.75, 3.05) is 27.9 Å². The molecule has 18 atom stereocenters. The number of rotatable bonds is 15. The van der Waals surface area contributed by atoms with E-state index in [2.05, 4.69) is 86.6 Å². The van der Waals surface area contributed by atoms with E-state index in [1.165, 1.54) is 12.7 Å². The average molecular weight is 935 g/mol. The lowest BCUT2D eigenvalue weighted by Crippen LogP contribution is -2.57. The van der Waals surface area contributed by atoms with E-state index in [9.17, 15) is 4.79 Å². The van der Waals surface area contributed by atoms with Gasteiger partial charge in [-0.25, -0.2) is 0 Å². The van der Waals surface area contributed by atoms with Crippen LogP contribution in [0.25, 0.3) is 0 Å². The van der Waals surface area contributed by atoms with Crippen LogP contribution in [0.1, 0.15) is 150 Å². The summed E-state index contributed by atoms with van der Waals surface area (Å²) in [5.74, 6) is -0.771. The molecular formula is C55H82O12. The maximum absolute atomic E-state index is 12.9. The third kappa shape index (κ3) is 9.88. The summed E-state index contributed by atoms with van der Waals surface area (Å²) in [6.07, 6.45) is 4.54. The van der Waals surface area contributed by atoms with Crippen molar-refractivity contribution < 1.29 is 56.9 Å². The van der Waals surface area contributed by atoms with Gasteiger partial charge in [0.05, 0.1) is 80.7 Å². The maximum atomic E-state index is 12.9. The molecule has 2 aromatic rings. The Morgan fingerprint density at radius 2 is 1.58 bits per heavy atom. The van der Waals surface area contributed by atoms with Crippen molar-refractivity contribution in [3.05, 3.63) is 65.2 Å². The van der Waals surface area contributed by atoms with E-state index in [1.807, 2.05) is 31.2 Å². The number of hydrogen-bond acceptors (Lipinski definition) is 12. The van der Waals surface area contributed by atoms with Crippen LogP contribution in [0.4, 0.5) is 0 Å². The highest BCUT2D eigenvalue weighted by Crippen LogP contribution is 2.56. The summed E-state index contributed by atoms with van der Waals surface area (Å²) in [5.41, 5.74) is 2.31. The van der Waals surface area contributed by atoms with E-state index in [4.69, 9.17) is 52.1 Å². The molecule has 6 saturated heterocycles. The van der Waals surface area contributed by atoms with E-state index in [1.54, 1.807) is 14.2 Å². The van der Waals surface area contributed by atoms with Gasteiger partial charge in [0.15, 0.2) is 17.9 Å². The SMILES string of the molecule is CC[C@@]1([C@@H]2O[C@@H]([C@H]3O[C@@]4(COC(c5ccc(OC)cc5)O4)[C@H](C)C[C@@H]3C)C[C@@H]2C)CC[C@H]([C@]2(C)CC[C@]3(C[C@H](OCc4ccc(C(C)C)cc4)[C@@H](C)[C@@H]([C@@H](C)[C@@H](OC)[C@H](C)C(=O)OC)O3)O2)O1. The summed E-state index contributed by atoms with van der Waals surface area (Å²) < 4.78 is 72.9. The van der Waals surface area contributed by atoms with Crippen LogP contribution in [0.15, 0.2) is 48.5 Å². The fourth-order valence-electron chi connectivity index (χ4n) is 13.0. The van der Waals surface area contributed by atoms with Gasteiger partial charge in [0.1, 0.15) is 12.4 Å². The zero-order valence-electron chi connectivity index (χ0n) is 42.7. The predicted molar refractivity (Wildman–Crippen MR) is 253 cm³/mol. The topological polar surface area (TPSA) is 119 Å². The van der Waals surface area contributed by atoms with Crippen molar-refractivity contribution in [1.29, 1.82) is 0 Å². The molecule has 0 bridgehead atoms. The number of benzene rings is 2. The highest BCUT2D eigenvalue weighted by molar-refractivity contribution is 5.72. The third-order valence-corrected chi connectivity index (χ3v) is 17.2. The molecule has 0 aromatic heterocycles. The molecule has 374 valence electrons. The van der Waals surface area contributed by atoms with E-state index >= 15 is 0 Å². The molecule has 6 heterocycles. The van der Waals surface area contributed by atoms with E-state index in [0.717, 1.165) is 55.4 Å². The van der Waals surface area contributed by atoms with Crippen LogP contribution in [0.2, 0.25) is 0 Å². The van der Waals surface area contributed by atoms with E-state index in [0.29, 0.717) is 32.0 Å². The molecule has 0 N–H and O–H groups in total. The summed E-state index contributed by atoms with van der Waals surface area (Å²) >= 11 is 0. The molecule has 12 nitrogen and oxygen atoms in total. The summed E-state index contributed by atoms with van der Waals surface area (Å²) in [6, 6.07) is 16.6. The molecule has 1 unspecified atom stereocenters. The zero-order chi connectivity index (χ0) is 48.1. The Labute approximate surface area is 401 Å². The minimum atomic E-state index is -0.901. The molecule has 2 aromatic carbocycles. The number of methoxy groups -OCH3 is 3. The second kappa shape index (κ2) is 20.2. The summed E-state index contributed by atoms with van der Waals surface area (Å²) in [7, 11) is 4.75. The first-order valence-electron chi connectivity index (χ1n) is 25.6. The minimum Gasteiger partial charge on any atom is -0.497 e. The monoisotopic (exact) mass is 935 g/mol. The summed E-state index contributed by atoms with van der Waals surface area (Å²) in [4.78, 5) is 12.9. The van der Waals surface area contributed by atoms with Gasteiger partial charge < -0.3 is 52.1 Å². The molecule has 67 heavy (non-hydrogen) atoms. The Kier molecular flexibility index (Phi) is 15.3. The first-order chi connectivity index (χ1) is 31.9. The van der Waals surface area contributed by atoms with Crippen molar-refractivity contribution in [3.63, 3.8) is 0 Å². The Balaban J connectivity index is 0.967. The second-order valence-electron chi connectivity index (χ2n) is 22.0. The number of hydrogen-bond donors (Lipinski definition) is 0. The standard InChI is InChI=1S/C55H82O12/c1-14-53(49-34(5)28-43(62-49)46-33(4)27-35(6)55(65-46)31-61-51(66-55)41-19-21-42(57-11)22-20-41)24-23-45(63-53)52(10)25-26-54(67-52)29-44(60-30-39-15-17-40(18-16-39)32(2)3)36(7)48(64-54)37(8)47(58-12)38(9)50(56)59-13/h15-22,32-38,43-49,51H,14,23-31H2,1-13H3/t33-,34-,35+,36+,37-,38-,43+,44-,45+,46-,47+,48-,49+,51?,52-,53-,54+,55+/m0/s1. The maximum Gasteiger partial charge on any atom is 0.311 e. The van der Waals surface area contributed by atoms with Crippen molar-refractivity contribution in [2.24, 2.45) is 35.5 Å². The molecule has 0 aliphatic carbocycles. The number of carbonyl (C=O) groups is 1. The lowest BCUT2D eigenvalue weighted by Gasteiger charge is -2.50. The van der Waals surface area contributed by atoms with Crippen LogP contribution in [0, 0.1) is 35.5 Å². The quantitative estimate of drug-likeness (QED) is 0.158. The molecule has 8 rings (SSSR count). The number of ether oxygens (including phenoxy) is 11. The first-order valence-corrected chi connectivity index (χ1v) is 25.6. The normalized spacial score (nSPS) is 41.3. The Bertz CT molecular complexity index is 1960. The van der Waals surface area contributed by atoms with Gasteiger partial charge in [-0.1, -0.05) is 91.8 Å². The molecule has 6 fully saturated rings. The molecule has 2 spiro atoms. The Morgan fingerprint density at radius 3 is 2.24 bits per heavy atom. The van der Waals surface area contributed by atoms with Gasteiger partial charge in [-0.15, -0.1) is 0 Å². The van der Waals surface area contributed by atoms with Gasteiger partial charge in [0.25, 0.3) is 0 Å². The van der Waals surface area contributed by atoms with Crippen molar-refractivity contribution in [1.82, 2.24) is 0 Å². The van der Waals surface area contributed by atoms with Gasteiger partial charge in [0, 0.05) is 43.3 Å².